The second kappa shape index (κ2) is 5.13. The first-order valence-corrected chi connectivity index (χ1v) is 5.21. The van der Waals surface area contributed by atoms with Crippen molar-refractivity contribution >= 4 is 17.9 Å². The second-order valence-electron chi connectivity index (χ2n) is 3.44. The maximum Gasteiger partial charge on any atom is 0.351 e. The van der Waals surface area contributed by atoms with Gasteiger partial charge in [0.15, 0.2) is 0 Å². The Bertz CT molecular complexity index is 338. The van der Waals surface area contributed by atoms with Crippen LogP contribution in [0, 0.1) is 0 Å². The van der Waals surface area contributed by atoms with Crippen molar-refractivity contribution in [2.75, 3.05) is 13.2 Å². The summed E-state index contributed by atoms with van der Waals surface area (Å²) in [4.78, 5) is 34.1. The SMILES string of the molecule is CCOC(=O)[C@H]1OC(=O)C[C@]1(O)C(=O)OCC. The van der Waals surface area contributed by atoms with Gasteiger partial charge in [0.25, 0.3) is 0 Å². The van der Waals surface area contributed by atoms with Gasteiger partial charge >= 0.3 is 17.9 Å². The van der Waals surface area contributed by atoms with Gasteiger partial charge in [-0.25, -0.2) is 9.59 Å². The Morgan fingerprint density at radius 3 is 2.53 bits per heavy atom. The Hall–Kier alpha value is -1.63. The first-order chi connectivity index (χ1) is 7.95. The Labute approximate surface area is 97.6 Å². The molecule has 0 aromatic heterocycles. The molecule has 1 rings (SSSR count). The molecule has 0 unspecified atom stereocenters. The molecule has 96 valence electrons. The van der Waals surface area contributed by atoms with E-state index >= 15 is 0 Å². The summed E-state index contributed by atoms with van der Waals surface area (Å²) in [5.41, 5.74) is -2.29. The summed E-state index contributed by atoms with van der Waals surface area (Å²) in [6.45, 7) is 3.16. The van der Waals surface area contributed by atoms with Crippen LogP contribution in [0.3, 0.4) is 0 Å². The predicted octanol–water partition coefficient (Wildman–Crippen LogP) is -0.841. The van der Waals surface area contributed by atoms with Crippen LogP contribution < -0.4 is 0 Å². The minimum Gasteiger partial charge on any atom is -0.464 e. The smallest absolute Gasteiger partial charge is 0.351 e. The Balaban J connectivity index is 2.90. The average Bonchev–Trinajstić information content (AvgIpc) is 2.56. The van der Waals surface area contributed by atoms with E-state index in [9.17, 15) is 19.5 Å². The molecule has 2 atom stereocenters. The highest BCUT2D eigenvalue weighted by molar-refractivity contribution is 5.97. The van der Waals surface area contributed by atoms with Gasteiger partial charge in [-0.15, -0.1) is 0 Å². The summed E-state index contributed by atoms with van der Waals surface area (Å²) in [6, 6.07) is 0. The number of hydrogen-bond donors (Lipinski definition) is 1. The van der Waals surface area contributed by atoms with Crippen LogP contribution in [0.4, 0.5) is 0 Å². The van der Waals surface area contributed by atoms with E-state index in [1.165, 1.54) is 6.92 Å². The Kier molecular flexibility index (Phi) is 4.06. The van der Waals surface area contributed by atoms with E-state index in [1.54, 1.807) is 6.92 Å². The summed E-state index contributed by atoms with van der Waals surface area (Å²) in [5, 5.41) is 10.00. The van der Waals surface area contributed by atoms with Crippen molar-refractivity contribution in [1.29, 1.82) is 0 Å². The lowest BCUT2D eigenvalue weighted by atomic mass is 9.95. The van der Waals surface area contributed by atoms with Gasteiger partial charge < -0.3 is 19.3 Å². The second-order valence-corrected chi connectivity index (χ2v) is 3.44. The largest absolute Gasteiger partial charge is 0.464 e. The summed E-state index contributed by atoms with van der Waals surface area (Å²) in [5.74, 6) is -2.88. The molecule has 1 aliphatic heterocycles. The Morgan fingerprint density at radius 1 is 1.41 bits per heavy atom. The van der Waals surface area contributed by atoms with Crippen molar-refractivity contribution in [2.45, 2.75) is 32.0 Å². The molecule has 0 aliphatic carbocycles. The maximum absolute atomic E-state index is 11.5. The number of cyclic esters (lactones) is 1. The topological polar surface area (TPSA) is 99.1 Å². The normalized spacial score (nSPS) is 27.5. The molecule has 0 aromatic carbocycles. The fourth-order valence-corrected chi connectivity index (χ4v) is 1.48. The van der Waals surface area contributed by atoms with Crippen LogP contribution in [0.25, 0.3) is 0 Å². The third-order valence-electron chi connectivity index (χ3n) is 2.23. The summed E-state index contributed by atoms with van der Waals surface area (Å²) < 4.78 is 13.8. The van der Waals surface area contributed by atoms with E-state index < -0.39 is 36.0 Å². The summed E-state index contributed by atoms with van der Waals surface area (Å²) >= 11 is 0. The van der Waals surface area contributed by atoms with Gasteiger partial charge in [0.05, 0.1) is 19.6 Å². The number of ether oxygens (including phenoxy) is 3. The van der Waals surface area contributed by atoms with Gasteiger partial charge in [-0.1, -0.05) is 0 Å². The lowest BCUT2D eigenvalue weighted by molar-refractivity contribution is -0.183. The van der Waals surface area contributed by atoms with E-state index in [2.05, 4.69) is 14.2 Å². The molecule has 1 saturated heterocycles. The molecule has 0 radical (unpaired) electrons. The molecular formula is C10H14O7. The third kappa shape index (κ3) is 2.55. The minimum absolute atomic E-state index is 0.0187. The van der Waals surface area contributed by atoms with Gasteiger partial charge in [0.2, 0.25) is 11.7 Å². The van der Waals surface area contributed by atoms with Crippen molar-refractivity contribution in [3.63, 3.8) is 0 Å². The van der Waals surface area contributed by atoms with Gasteiger partial charge in [-0.05, 0) is 13.8 Å². The number of rotatable bonds is 4. The van der Waals surface area contributed by atoms with Crippen LogP contribution in [0.5, 0.6) is 0 Å². The van der Waals surface area contributed by atoms with Crippen molar-refractivity contribution in [3.05, 3.63) is 0 Å². The summed E-state index contributed by atoms with van der Waals surface area (Å²) in [6.07, 6.45) is -2.27. The van der Waals surface area contributed by atoms with Crippen LogP contribution in [-0.4, -0.2) is 47.9 Å². The molecule has 1 N–H and O–H groups in total. The summed E-state index contributed by atoms with van der Waals surface area (Å²) in [7, 11) is 0. The lowest BCUT2D eigenvalue weighted by Crippen LogP contribution is -2.51. The molecule has 0 bridgehead atoms. The molecule has 7 nitrogen and oxygen atoms in total. The number of carbonyl (C=O) groups is 3. The minimum atomic E-state index is -2.29. The van der Waals surface area contributed by atoms with E-state index in [4.69, 9.17) is 0 Å². The molecular weight excluding hydrogens is 232 g/mol. The van der Waals surface area contributed by atoms with Crippen molar-refractivity contribution in [2.24, 2.45) is 0 Å². The molecule has 7 heteroatoms. The van der Waals surface area contributed by atoms with Crippen LogP contribution in [-0.2, 0) is 28.6 Å². The van der Waals surface area contributed by atoms with Crippen LogP contribution in [0.15, 0.2) is 0 Å². The monoisotopic (exact) mass is 246 g/mol. The molecule has 0 saturated carbocycles. The zero-order chi connectivity index (χ0) is 13.1. The van der Waals surface area contributed by atoms with E-state index in [-0.39, 0.29) is 13.2 Å². The van der Waals surface area contributed by atoms with Gasteiger partial charge in [-0.2, -0.15) is 0 Å². The van der Waals surface area contributed by atoms with Gasteiger partial charge in [0.1, 0.15) is 0 Å². The molecule has 0 aromatic rings. The van der Waals surface area contributed by atoms with Crippen molar-refractivity contribution in [1.82, 2.24) is 0 Å². The standard InChI is InChI=1S/C10H14O7/c1-3-15-8(12)7-10(14,5-6(11)17-7)9(13)16-4-2/h7,14H,3-5H2,1-2H3/t7-,10-/m1/s1. The van der Waals surface area contributed by atoms with E-state index in [0.29, 0.717) is 0 Å². The van der Waals surface area contributed by atoms with E-state index in [1.807, 2.05) is 0 Å². The fraction of sp³-hybridized carbons (Fsp3) is 0.700. The zero-order valence-electron chi connectivity index (χ0n) is 9.60. The molecule has 1 heterocycles. The zero-order valence-corrected chi connectivity index (χ0v) is 9.60. The molecule has 0 amide bonds. The first kappa shape index (κ1) is 13.4. The number of esters is 3. The quantitative estimate of drug-likeness (QED) is 0.510. The maximum atomic E-state index is 11.5. The molecule has 1 fully saturated rings. The number of hydrogen-bond acceptors (Lipinski definition) is 7. The van der Waals surface area contributed by atoms with Gasteiger partial charge in [-0.3, -0.25) is 4.79 Å². The van der Waals surface area contributed by atoms with Crippen molar-refractivity contribution < 1.29 is 33.7 Å². The van der Waals surface area contributed by atoms with Crippen LogP contribution in [0.1, 0.15) is 20.3 Å². The van der Waals surface area contributed by atoms with Crippen molar-refractivity contribution in [3.8, 4) is 0 Å². The highest BCUT2D eigenvalue weighted by atomic mass is 16.6. The fourth-order valence-electron chi connectivity index (χ4n) is 1.48. The predicted molar refractivity (Wildman–Crippen MR) is 52.7 cm³/mol. The molecule has 1 aliphatic rings. The lowest BCUT2D eigenvalue weighted by Gasteiger charge is -2.22. The highest BCUT2D eigenvalue weighted by Crippen LogP contribution is 2.29. The van der Waals surface area contributed by atoms with Gasteiger partial charge in [0, 0.05) is 0 Å². The van der Waals surface area contributed by atoms with Crippen LogP contribution >= 0.6 is 0 Å². The molecule has 17 heavy (non-hydrogen) atoms. The number of carbonyl (C=O) groups excluding carboxylic acids is 3. The number of aliphatic hydroxyl groups is 1. The first-order valence-electron chi connectivity index (χ1n) is 5.21. The average molecular weight is 246 g/mol. The molecule has 0 spiro atoms. The highest BCUT2D eigenvalue weighted by Gasteiger charge is 2.59. The Morgan fingerprint density at radius 2 is 2.00 bits per heavy atom. The van der Waals surface area contributed by atoms with Crippen LogP contribution in [0.2, 0.25) is 0 Å². The van der Waals surface area contributed by atoms with E-state index in [0.717, 1.165) is 0 Å². The third-order valence-corrected chi connectivity index (χ3v) is 2.23.